The summed E-state index contributed by atoms with van der Waals surface area (Å²) >= 11 is 0. The van der Waals surface area contributed by atoms with Gasteiger partial charge in [0.2, 0.25) is 0 Å². The molecule has 1 saturated carbocycles. The van der Waals surface area contributed by atoms with Gasteiger partial charge in [-0.2, -0.15) is 0 Å². The Kier molecular flexibility index (Phi) is 2.17. The lowest BCUT2D eigenvalue weighted by Crippen LogP contribution is -2.39. The van der Waals surface area contributed by atoms with Crippen molar-refractivity contribution in [3.8, 4) is 0 Å². The number of ketones is 1. The highest BCUT2D eigenvalue weighted by Gasteiger charge is 2.54. The van der Waals surface area contributed by atoms with Crippen LogP contribution in [0.2, 0.25) is 0 Å². The molecule has 2 aliphatic rings. The zero-order valence-electron chi connectivity index (χ0n) is 8.29. The van der Waals surface area contributed by atoms with Gasteiger partial charge in [0.05, 0.1) is 6.61 Å². The van der Waals surface area contributed by atoms with E-state index in [1.807, 2.05) is 12.2 Å². The van der Waals surface area contributed by atoms with Crippen LogP contribution in [0.5, 0.6) is 0 Å². The summed E-state index contributed by atoms with van der Waals surface area (Å²) in [4.78, 5) is 23.6. The predicted molar refractivity (Wildman–Crippen MR) is 50.6 cm³/mol. The molecule has 0 aliphatic heterocycles. The fourth-order valence-electron chi connectivity index (χ4n) is 2.39. The summed E-state index contributed by atoms with van der Waals surface area (Å²) in [6.07, 6.45) is 5.85. The minimum atomic E-state index is -0.824. The Balaban J connectivity index is 2.27. The van der Waals surface area contributed by atoms with Crippen LogP contribution in [0, 0.1) is 11.3 Å². The van der Waals surface area contributed by atoms with Crippen LogP contribution in [-0.2, 0) is 14.3 Å². The zero-order valence-corrected chi connectivity index (χ0v) is 8.29. The Labute approximate surface area is 83.1 Å². The van der Waals surface area contributed by atoms with Crippen molar-refractivity contribution >= 4 is 11.8 Å². The molecular weight excluding hydrogens is 180 g/mol. The Morgan fingerprint density at radius 2 is 2.50 bits per heavy atom. The molecule has 0 aromatic heterocycles. The first-order valence-electron chi connectivity index (χ1n) is 5.09. The van der Waals surface area contributed by atoms with E-state index in [0.717, 1.165) is 6.42 Å². The second-order valence-electron chi connectivity index (χ2n) is 3.94. The first-order valence-corrected chi connectivity index (χ1v) is 5.09. The number of allylic oxidation sites excluding steroid dienone is 2. The quantitative estimate of drug-likeness (QED) is 0.380. The average molecular weight is 194 g/mol. The molecule has 0 aromatic carbocycles. The molecule has 0 radical (unpaired) electrons. The number of carbonyl (C=O) groups is 2. The summed E-state index contributed by atoms with van der Waals surface area (Å²) in [5, 5.41) is 0. The zero-order chi connectivity index (χ0) is 10.2. The van der Waals surface area contributed by atoms with Gasteiger partial charge < -0.3 is 4.74 Å². The van der Waals surface area contributed by atoms with E-state index in [4.69, 9.17) is 4.74 Å². The van der Waals surface area contributed by atoms with Crippen molar-refractivity contribution in [3.05, 3.63) is 12.2 Å². The van der Waals surface area contributed by atoms with Gasteiger partial charge >= 0.3 is 5.97 Å². The third kappa shape index (κ3) is 1.11. The third-order valence-electron chi connectivity index (χ3n) is 3.19. The molecule has 2 aliphatic carbocycles. The smallest absolute Gasteiger partial charge is 0.319 e. The van der Waals surface area contributed by atoms with E-state index >= 15 is 0 Å². The molecule has 3 nitrogen and oxygen atoms in total. The fourth-order valence-corrected chi connectivity index (χ4v) is 2.39. The van der Waals surface area contributed by atoms with Crippen molar-refractivity contribution in [2.75, 3.05) is 6.61 Å². The molecule has 1 fully saturated rings. The Morgan fingerprint density at radius 1 is 1.71 bits per heavy atom. The number of hydrogen-bond donors (Lipinski definition) is 0. The highest BCUT2D eigenvalue weighted by Crippen LogP contribution is 2.46. The molecule has 0 heterocycles. The molecule has 0 saturated heterocycles. The van der Waals surface area contributed by atoms with Crippen LogP contribution in [0.4, 0.5) is 0 Å². The van der Waals surface area contributed by atoms with Gasteiger partial charge in [-0.1, -0.05) is 12.2 Å². The van der Waals surface area contributed by atoms with Gasteiger partial charge in [0, 0.05) is 5.92 Å². The molecule has 2 rings (SSSR count). The van der Waals surface area contributed by atoms with Crippen LogP contribution < -0.4 is 0 Å². The van der Waals surface area contributed by atoms with E-state index in [1.54, 1.807) is 6.92 Å². The second kappa shape index (κ2) is 3.23. The van der Waals surface area contributed by atoms with Crippen molar-refractivity contribution in [1.29, 1.82) is 0 Å². The van der Waals surface area contributed by atoms with E-state index in [1.165, 1.54) is 0 Å². The van der Waals surface area contributed by atoms with E-state index in [9.17, 15) is 9.59 Å². The maximum atomic E-state index is 11.9. The Bertz CT molecular complexity index is 306. The summed E-state index contributed by atoms with van der Waals surface area (Å²) in [5.41, 5.74) is -0.824. The van der Waals surface area contributed by atoms with Gasteiger partial charge in [-0.05, 0) is 26.2 Å². The molecular formula is C11H14O3. The third-order valence-corrected chi connectivity index (χ3v) is 3.19. The molecule has 0 amide bonds. The number of hydrogen-bond acceptors (Lipinski definition) is 3. The van der Waals surface area contributed by atoms with Crippen LogP contribution in [-0.4, -0.2) is 18.4 Å². The molecule has 0 unspecified atom stereocenters. The predicted octanol–water partition coefficient (Wildman–Crippen LogP) is 1.47. The van der Waals surface area contributed by atoms with Crippen LogP contribution in [0.1, 0.15) is 26.2 Å². The van der Waals surface area contributed by atoms with Crippen molar-refractivity contribution < 1.29 is 14.3 Å². The Hall–Kier alpha value is -1.12. The number of Topliss-reactive ketones (excluding diaryl/α,β-unsaturated/α-hetero) is 1. The fraction of sp³-hybridized carbons (Fsp3) is 0.636. The van der Waals surface area contributed by atoms with E-state index < -0.39 is 5.41 Å². The van der Waals surface area contributed by atoms with Crippen LogP contribution in [0.15, 0.2) is 12.2 Å². The summed E-state index contributed by atoms with van der Waals surface area (Å²) in [6.45, 7) is 2.12. The van der Waals surface area contributed by atoms with Crippen molar-refractivity contribution in [1.82, 2.24) is 0 Å². The molecule has 14 heavy (non-hydrogen) atoms. The van der Waals surface area contributed by atoms with E-state index in [2.05, 4.69) is 0 Å². The molecule has 2 atom stereocenters. The lowest BCUT2D eigenvalue weighted by molar-refractivity contribution is -0.159. The van der Waals surface area contributed by atoms with Crippen molar-refractivity contribution in [2.24, 2.45) is 11.3 Å². The minimum Gasteiger partial charge on any atom is -0.465 e. The summed E-state index contributed by atoms with van der Waals surface area (Å²) in [6, 6.07) is 0. The highest BCUT2D eigenvalue weighted by molar-refractivity contribution is 6.07. The maximum Gasteiger partial charge on any atom is 0.319 e. The Morgan fingerprint density at radius 3 is 3.21 bits per heavy atom. The van der Waals surface area contributed by atoms with Gasteiger partial charge in [-0.15, -0.1) is 0 Å². The first-order chi connectivity index (χ1) is 6.70. The summed E-state index contributed by atoms with van der Waals surface area (Å²) in [7, 11) is 0. The van der Waals surface area contributed by atoms with Crippen LogP contribution >= 0.6 is 0 Å². The normalized spacial score (nSPS) is 34.6. The standard InChI is InChI=1S/C11H14O3/c1-2-14-10(13)11-6-3-4-8(5-7-11)9(11)12/h3-4,8H,2,5-7H2,1H3/t8-,11-/m0/s1. The molecule has 2 bridgehead atoms. The summed E-state index contributed by atoms with van der Waals surface area (Å²) < 4.78 is 4.98. The SMILES string of the molecule is CCOC(=O)[C@@]12CC=C[C@@H](CC1)C2=O. The molecule has 0 spiro atoms. The van der Waals surface area contributed by atoms with Crippen molar-refractivity contribution in [2.45, 2.75) is 26.2 Å². The summed E-state index contributed by atoms with van der Waals surface area (Å²) in [5.74, 6) is -0.288. The van der Waals surface area contributed by atoms with E-state index in [0.29, 0.717) is 19.4 Å². The monoisotopic (exact) mass is 194 g/mol. The van der Waals surface area contributed by atoms with E-state index in [-0.39, 0.29) is 17.7 Å². The minimum absolute atomic E-state index is 0.0341. The van der Waals surface area contributed by atoms with Gasteiger partial charge in [0.25, 0.3) is 0 Å². The first kappa shape index (κ1) is 9.44. The lowest BCUT2D eigenvalue weighted by atomic mass is 9.78. The average Bonchev–Trinajstić information content (AvgIpc) is 2.40. The number of rotatable bonds is 2. The number of ether oxygens (including phenoxy) is 1. The number of carbonyl (C=O) groups excluding carboxylic acids is 2. The maximum absolute atomic E-state index is 11.9. The topological polar surface area (TPSA) is 43.4 Å². The van der Waals surface area contributed by atoms with Gasteiger partial charge in [-0.25, -0.2) is 0 Å². The molecule has 3 heteroatoms. The number of fused-ring (bicyclic) bond motifs is 2. The van der Waals surface area contributed by atoms with Crippen molar-refractivity contribution in [3.63, 3.8) is 0 Å². The molecule has 0 N–H and O–H groups in total. The lowest BCUT2D eigenvalue weighted by Gasteiger charge is -2.25. The highest BCUT2D eigenvalue weighted by atomic mass is 16.5. The van der Waals surface area contributed by atoms with Crippen LogP contribution in [0.25, 0.3) is 0 Å². The molecule has 76 valence electrons. The number of esters is 1. The van der Waals surface area contributed by atoms with Gasteiger partial charge in [0.15, 0.2) is 5.78 Å². The van der Waals surface area contributed by atoms with Crippen LogP contribution in [0.3, 0.4) is 0 Å². The van der Waals surface area contributed by atoms with Gasteiger partial charge in [0.1, 0.15) is 5.41 Å². The second-order valence-corrected chi connectivity index (χ2v) is 3.94. The largest absolute Gasteiger partial charge is 0.465 e. The van der Waals surface area contributed by atoms with Gasteiger partial charge in [-0.3, -0.25) is 9.59 Å². The molecule has 0 aromatic rings.